The lowest BCUT2D eigenvalue weighted by Gasteiger charge is -2.17. The maximum Gasteiger partial charge on any atom is 0.258 e. The Labute approximate surface area is 168 Å². The minimum atomic E-state index is -0.659. The Morgan fingerprint density at radius 3 is 2.52 bits per heavy atom. The molecule has 2 aromatic heterocycles. The average Bonchev–Trinajstić information content (AvgIpc) is 3.24. The molecule has 0 aliphatic carbocycles. The predicted molar refractivity (Wildman–Crippen MR) is 110 cm³/mol. The Morgan fingerprint density at radius 1 is 1.07 bits per heavy atom. The third-order valence-electron chi connectivity index (χ3n) is 4.69. The van der Waals surface area contributed by atoms with Gasteiger partial charge in [0.15, 0.2) is 5.82 Å². The van der Waals surface area contributed by atoms with Gasteiger partial charge in [0.25, 0.3) is 5.91 Å². The highest BCUT2D eigenvalue weighted by Crippen LogP contribution is 2.22. The molecule has 0 atom stereocenters. The molecule has 2 N–H and O–H groups in total. The molecule has 1 saturated heterocycles. The molecule has 29 heavy (non-hydrogen) atoms. The number of carbonyl (C=O) groups excluding carboxylic acids is 1. The van der Waals surface area contributed by atoms with E-state index >= 15 is 0 Å². The summed E-state index contributed by atoms with van der Waals surface area (Å²) < 4.78 is 13.7. The second kappa shape index (κ2) is 8.22. The van der Waals surface area contributed by atoms with Gasteiger partial charge in [-0.25, -0.2) is 9.37 Å². The van der Waals surface area contributed by atoms with Gasteiger partial charge in [-0.1, -0.05) is 0 Å². The van der Waals surface area contributed by atoms with Crippen LogP contribution in [0.1, 0.15) is 28.9 Å². The average molecular weight is 392 g/mol. The van der Waals surface area contributed by atoms with E-state index in [-0.39, 0.29) is 5.56 Å². The van der Waals surface area contributed by atoms with E-state index in [1.54, 1.807) is 24.3 Å². The fraction of sp³-hybridized carbons (Fsp3) is 0.238. The summed E-state index contributed by atoms with van der Waals surface area (Å²) in [5.41, 5.74) is 2.19. The maximum atomic E-state index is 13.7. The summed E-state index contributed by atoms with van der Waals surface area (Å²) in [5.74, 6) is 0.278. The maximum absolute atomic E-state index is 13.7. The van der Waals surface area contributed by atoms with Crippen LogP contribution >= 0.6 is 0 Å². The molecule has 0 bridgehead atoms. The van der Waals surface area contributed by atoms with Crippen molar-refractivity contribution in [3.05, 3.63) is 65.9 Å². The van der Waals surface area contributed by atoms with Gasteiger partial charge in [0.1, 0.15) is 5.82 Å². The number of carbonyl (C=O) groups is 1. The molecule has 1 amide bonds. The number of benzene rings is 1. The molecule has 0 spiro atoms. The fourth-order valence-electron chi connectivity index (χ4n) is 3.24. The zero-order valence-corrected chi connectivity index (χ0v) is 16.0. The van der Waals surface area contributed by atoms with Crippen molar-refractivity contribution in [2.45, 2.75) is 19.8 Å². The number of nitrogens with zero attached hydrogens (tertiary/aromatic N) is 4. The topological polar surface area (TPSA) is 83.0 Å². The normalized spacial score (nSPS) is 13.4. The first-order valence-electron chi connectivity index (χ1n) is 9.47. The molecule has 1 aliphatic heterocycles. The number of halogens is 1. The summed E-state index contributed by atoms with van der Waals surface area (Å²) in [6.45, 7) is 3.98. The quantitative estimate of drug-likeness (QED) is 0.685. The third kappa shape index (κ3) is 4.48. The van der Waals surface area contributed by atoms with E-state index in [9.17, 15) is 9.18 Å². The summed E-state index contributed by atoms with van der Waals surface area (Å²) in [7, 11) is 0. The first-order valence-corrected chi connectivity index (χ1v) is 9.47. The largest absolute Gasteiger partial charge is 0.356 e. The molecule has 1 fully saturated rings. The minimum absolute atomic E-state index is 0.0511. The lowest BCUT2D eigenvalue weighted by Crippen LogP contribution is -2.19. The Kier molecular flexibility index (Phi) is 5.33. The van der Waals surface area contributed by atoms with Gasteiger partial charge in [0, 0.05) is 42.4 Å². The molecule has 4 rings (SSSR count). The summed E-state index contributed by atoms with van der Waals surface area (Å²) >= 11 is 0. The van der Waals surface area contributed by atoms with Gasteiger partial charge >= 0.3 is 0 Å². The van der Waals surface area contributed by atoms with Crippen molar-refractivity contribution in [3.8, 4) is 0 Å². The molecule has 0 saturated carbocycles. The van der Waals surface area contributed by atoms with Crippen LogP contribution < -0.4 is 15.5 Å². The highest BCUT2D eigenvalue weighted by atomic mass is 19.1. The van der Waals surface area contributed by atoms with Crippen LogP contribution in [0.15, 0.2) is 48.8 Å². The minimum Gasteiger partial charge on any atom is -0.356 e. The van der Waals surface area contributed by atoms with Crippen molar-refractivity contribution in [1.82, 2.24) is 15.0 Å². The van der Waals surface area contributed by atoms with Crippen LogP contribution in [0.25, 0.3) is 0 Å². The summed E-state index contributed by atoms with van der Waals surface area (Å²) in [6.07, 6.45) is 4.76. The van der Waals surface area contributed by atoms with Crippen LogP contribution in [-0.4, -0.2) is 33.9 Å². The Bertz CT molecular complexity index is 1020. The van der Waals surface area contributed by atoms with Gasteiger partial charge in [0.2, 0.25) is 5.95 Å². The number of anilines is 4. The number of pyridine rings is 1. The molecule has 0 unspecified atom stereocenters. The van der Waals surface area contributed by atoms with E-state index in [2.05, 4.69) is 30.5 Å². The van der Waals surface area contributed by atoms with Gasteiger partial charge in [-0.3, -0.25) is 9.78 Å². The first-order chi connectivity index (χ1) is 14.1. The Balaban J connectivity index is 1.45. The second-order valence-electron chi connectivity index (χ2n) is 6.90. The number of rotatable bonds is 5. The third-order valence-corrected chi connectivity index (χ3v) is 4.69. The summed E-state index contributed by atoms with van der Waals surface area (Å²) in [6, 6.07) is 10.4. The van der Waals surface area contributed by atoms with Crippen molar-refractivity contribution >= 4 is 29.0 Å². The zero-order valence-electron chi connectivity index (χ0n) is 16.0. The zero-order chi connectivity index (χ0) is 20.2. The summed E-state index contributed by atoms with van der Waals surface area (Å²) in [5, 5.41) is 5.87. The van der Waals surface area contributed by atoms with Crippen LogP contribution in [-0.2, 0) is 0 Å². The van der Waals surface area contributed by atoms with Crippen LogP contribution in [0.4, 0.5) is 27.5 Å². The summed E-state index contributed by atoms with van der Waals surface area (Å²) in [4.78, 5) is 27.2. The number of hydrogen-bond acceptors (Lipinski definition) is 6. The van der Waals surface area contributed by atoms with Crippen LogP contribution in [0.3, 0.4) is 0 Å². The predicted octanol–water partition coefficient (Wildman–Crippen LogP) is 3.92. The number of hydrogen-bond donors (Lipinski definition) is 2. The molecule has 8 heteroatoms. The van der Waals surface area contributed by atoms with Crippen LogP contribution in [0.5, 0.6) is 0 Å². The standard InChI is InChI=1S/C21H21FN6O/c1-14-12-19(28-10-2-3-11-28)27-21(24-14)26-16-6-4-15(5-7-16)25-20(29)17-8-9-23-13-18(17)22/h4-9,12-13H,2-3,10-11H2,1H3,(H,25,29)(H,24,26,27). The smallest absolute Gasteiger partial charge is 0.258 e. The molecule has 7 nitrogen and oxygen atoms in total. The molecule has 3 aromatic rings. The molecule has 1 aliphatic rings. The molecule has 0 radical (unpaired) electrons. The lowest BCUT2D eigenvalue weighted by atomic mass is 10.2. The van der Waals surface area contributed by atoms with Crippen molar-refractivity contribution in [2.24, 2.45) is 0 Å². The van der Waals surface area contributed by atoms with Crippen LogP contribution in [0.2, 0.25) is 0 Å². The van der Waals surface area contributed by atoms with Gasteiger partial charge in [-0.2, -0.15) is 4.98 Å². The highest BCUT2D eigenvalue weighted by molar-refractivity contribution is 6.04. The van der Waals surface area contributed by atoms with E-state index in [1.807, 2.05) is 13.0 Å². The van der Waals surface area contributed by atoms with E-state index in [0.717, 1.165) is 36.5 Å². The van der Waals surface area contributed by atoms with Crippen LogP contribution in [0, 0.1) is 12.7 Å². The molecule has 148 valence electrons. The first kappa shape index (κ1) is 18.8. The molecule has 3 heterocycles. The molecular formula is C21H21FN6O. The van der Waals surface area contributed by atoms with Crippen molar-refractivity contribution in [2.75, 3.05) is 28.6 Å². The van der Waals surface area contributed by atoms with Gasteiger partial charge in [-0.05, 0) is 50.1 Å². The van der Waals surface area contributed by atoms with Gasteiger partial charge in [-0.15, -0.1) is 0 Å². The van der Waals surface area contributed by atoms with Gasteiger partial charge in [0.05, 0.1) is 11.8 Å². The Hall–Kier alpha value is -3.55. The van der Waals surface area contributed by atoms with Crippen molar-refractivity contribution in [1.29, 1.82) is 0 Å². The number of aryl methyl sites for hydroxylation is 1. The fourth-order valence-corrected chi connectivity index (χ4v) is 3.24. The van der Waals surface area contributed by atoms with Crippen molar-refractivity contribution < 1.29 is 9.18 Å². The second-order valence-corrected chi connectivity index (χ2v) is 6.90. The van der Waals surface area contributed by atoms with Gasteiger partial charge < -0.3 is 15.5 Å². The molecule has 1 aromatic carbocycles. The van der Waals surface area contributed by atoms with E-state index in [1.165, 1.54) is 25.1 Å². The monoisotopic (exact) mass is 392 g/mol. The lowest BCUT2D eigenvalue weighted by molar-refractivity contribution is 0.102. The molecular weight excluding hydrogens is 371 g/mol. The number of aromatic nitrogens is 3. The van der Waals surface area contributed by atoms with Crippen molar-refractivity contribution in [3.63, 3.8) is 0 Å². The number of amides is 1. The van der Waals surface area contributed by atoms with E-state index in [4.69, 9.17) is 0 Å². The SMILES string of the molecule is Cc1cc(N2CCCC2)nc(Nc2ccc(NC(=O)c3ccncc3F)cc2)n1. The Morgan fingerprint density at radius 2 is 1.79 bits per heavy atom. The number of nitrogens with one attached hydrogen (secondary N) is 2. The van der Waals surface area contributed by atoms with E-state index < -0.39 is 11.7 Å². The van der Waals surface area contributed by atoms with E-state index in [0.29, 0.717) is 11.6 Å². The highest BCUT2D eigenvalue weighted by Gasteiger charge is 2.15.